The fraction of sp³-hybridized carbons (Fsp3) is 0.688. The number of carbonyl (C=O) groups is 1. The third-order valence-electron chi connectivity index (χ3n) is 5.03. The first-order valence-corrected chi connectivity index (χ1v) is 8.49. The Balaban J connectivity index is 2.08. The molecule has 0 aromatic carbocycles. The van der Waals surface area contributed by atoms with Crippen molar-refractivity contribution in [3.8, 4) is 0 Å². The van der Waals surface area contributed by atoms with Crippen molar-refractivity contribution in [3.05, 3.63) is 22.4 Å². The highest BCUT2D eigenvalue weighted by Gasteiger charge is 2.33. The van der Waals surface area contributed by atoms with Crippen molar-refractivity contribution in [2.45, 2.75) is 53.0 Å². The van der Waals surface area contributed by atoms with Crippen LogP contribution in [-0.2, 0) is 6.54 Å². The molecule has 4 heteroatoms. The van der Waals surface area contributed by atoms with Crippen LogP contribution >= 0.6 is 15.9 Å². The van der Waals surface area contributed by atoms with Gasteiger partial charge in [-0.05, 0) is 47.2 Å². The average Bonchev–Trinajstić information content (AvgIpc) is 2.87. The Labute approximate surface area is 130 Å². The van der Waals surface area contributed by atoms with Gasteiger partial charge in [0.2, 0.25) is 0 Å². The molecule has 1 aromatic rings. The number of aryl methyl sites for hydroxylation is 1. The molecule has 0 N–H and O–H groups in total. The second kappa shape index (κ2) is 6.33. The van der Waals surface area contributed by atoms with Gasteiger partial charge in [-0.3, -0.25) is 4.79 Å². The Morgan fingerprint density at radius 1 is 1.25 bits per heavy atom. The van der Waals surface area contributed by atoms with Crippen LogP contribution in [0, 0.1) is 5.41 Å². The molecule has 3 nitrogen and oxygen atoms in total. The first kappa shape index (κ1) is 15.6. The van der Waals surface area contributed by atoms with Crippen LogP contribution in [0.4, 0.5) is 0 Å². The molecule has 1 saturated heterocycles. The second-order valence-electron chi connectivity index (χ2n) is 5.83. The van der Waals surface area contributed by atoms with Crippen LogP contribution in [0.2, 0.25) is 0 Å². The predicted molar refractivity (Wildman–Crippen MR) is 86.0 cm³/mol. The van der Waals surface area contributed by atoms with Crippen molar-refractivity contribution in [1.82, 2.24) is 9.47 Å². The number of halogens is 1. The Bertz CT molecular complexity index is 467. The van der Waals surface area contributed by atoms with E-state index < -0.39 is 0 Å². The maximum atomic E-state index is 12.7. The SMILES string of the molecule is CCn1cc(Br)cc1C(=O)N1CCC(CC)(CC)CC1. The Morgan fingerprint density at radius 2 is 1.85 bits per heavy atom. The van der Waals surface area contributed by atoms with E-state index in [4.69, 9.17) is 0 Å². The van der Waals surface area contributed by atoms with Crippen molar-refractivity contribution in [1.29, 1.82) is 0 Å². The largest absolute Gasteiger partial charge is 0.343 e. The molecule has 0 unspecified atom stereocenters. The van der Waals surface area contributed by atoms with Crippen LogP contribution < -0.4 is 0 Å². The monoisotopic (exact) mass is 340 g/mol. The third-order valence-corrected chi connectivity index (χ3v) is 5.47. The Kier molecular flexibility index (Phi) is 4.95. The fourth-order valence-corrected chi connectivity index (χ4v) is 3.68. The zero-order valence-corrected chi connectivity index (χ0v) is 14.4. The highest BCUT2D eigenvalue weighted by atomic mass is 79.9. The number of amides is 1. The summed E-state index contributed by atoms with van der Waals surface area (Å²) in [5.74, 6) is 0.179. The number of nitrogens with zero attached hydrogens (tertiary/aromatic N) is 2. The van der Waals surface area contributed by atoms with Crippen molar-refractivity contribution in [2.75, 3.05) is 13.1 Å². The molecule has 0 bridgehead atoms. The second-order valence-corrected chi connectivity index (χ2v) is 6.74. The van der Waals surface area contributed by atoms with E-state index in [-0.39, 0.29) is 5.91 Å². The average molecular weight is 341 g/mol. The molecule has 2 heterocycles. The van der Waals surface area contributed by atoms with Gasteiger partial charge in [-0.2, -0.15) is 0 Å². The van der Waals surface area contributed by atoms with Crippen LogP contribution in [0.5, 0.6) is 0 Å². The van der Waals surface area contributed by atoms with E-state index in [1.165, 1.54) is 12.8 Å². The van der Waals surface area contributed by atoms with Gasteiger partial charge in [-0.15, -0.1) is 0 Å². The van der Waals surface area contributed by atoms with Crippen LogP contribution in [0.3, 0.4) is 0 Å². The predicted octanol–water partition coefficient (Wildman–Crippen LogP) is 4.31. The zero-order valence-electron chi connectivity index (χ0n) is 12.8. The van der Waals surface area contributed by atoms with E-state index in [0.717, 1.165) is 42.6 Å². The lowest BCUT2D eigenvalue weighted by Crippen LogP contribution is -2.43. The smallest absolute Gasteiger partial charge is 0.270 e. The van der Waals surface area contributed by atoms with Crippen LogP contribution in [0.25, 0.3) is 0 Å². The normalized spacial score (nSPS) is 18.3. The molecule has 0 saturated carbocycles. The molecule has 1 fully saturated rings. The number of likely N-dealkylation sites (tertiary alicyclic amines) is 1. The van der Waals surface area contributed by atoms with Gasteiger partial charge in [0, 0.05) is 30.3 Å². The molecule has 20 heavy (non-hydrogen) atoms. The van der Waals surface area contributed by atoms with E-state index >= 15 is 0 Å². The molecule has 1 aliphatic heterocycles. The highest BCUT2D eigenvalue weighted by Crippen LogP contribution is 2.38. The van der Waals surface area contributed by atoms with Crippen LogP contribution in [0.15, 0.2) is 16.7 Å². The summed E-state index contributed by atoms with van der Waals surface area (Å²) in [6, 6.07) is 1.94. The van der Waals surface area contributed by atoms with Gasteiger partial charge in [-0.1, -0.05) is 26.7 Å². The van der Waals surface area contributed by atoms with Gasteiger partial charge in [0.1, 0.15) is 5.69 Å². The summed E-state index contributed by atoms with van der Waals surface area (Å²) in [7, 11) is 0. The molecule has 2 rings (SSSR count). The fourth-order valence-electron chi connectivity index (χ4n) is 3.22. The standard InChI is InChI=1S/C16H25BrN2O/c1-4-16(5-2)7-9-19(10-8-16)15(20)14-11-13(17)12-18(14)6-3/h11-12H,4-10H2,1-3H3. The lowest BCUT2D eigenvalue weighted by atomic mass is 9.74. The molecular formula is C16H25BrN2O. The van der Waals surface area contributed by atoms with E-state index in [2.05, 4.69) is 36.7 Å². The van der Waals surface area contributed by atoms with Crippen molar-refractivity contribution in [2.24, 2.45) is 5.41 Å². The number of carbonyl (C=O) groups excluding carboxylic acids is 1. The minimum Gasteiger partial charge on any atom is -0.343 e. The summed E-state index contributed by atoms with van der Waals surface area (Å²) in [6.07, 6.45) is 6.71. The quantitative estimate of drug-likeness (QED) is 0.801. The van der Waals surface area contributed by atoms with Gasteiger partial charge in [0.15, 0.2) is 0 Å². The van der Waals surface area contributed by atoms with E-state index in [1.54, 1.807) is 0 Å². The van der Waals surface area contributed by atoms with Gasteiger partial charge in [0.05, 0.1) is 0 Å². The molecule has 112 valence electrons. The molecule has 0 atom stereocenters. The minimum atomic E-state index is 0.179. The number of aromatic nitrogens is 1. The molecule has 1 aromatic heterocycles. The highest BCUT2D eigenvalue weighted by molar-refractivity contribution is 9.10. The topological polar surface area (TPSA) is 25.2 Å². The van der Waals surface area contributed by atoms with Crippen molar-refractivity contribution >= 4 is 21.8 Å². The van der Waals surface area contributed by atoms with E-state index in [0.29, 0.717) is 5.41 Å². The molecule has 0 spiro atoms. The molecule has 0 radical (unpaired) electrons. The van der Waals surface area contributed by atoms with Gasteiger partial charge < -0.3 is 9.47 Å². The van der Waals surface area contributed by atoms with Crippen LogP contribution in [0.1, 0.15) is 56.9 Å². The summed E-state index contributed by atoms with van der Waals surface area (Å²) in [5.41, 5.74) is 1.27. The van der Waals surface area contributed by atoms with Crippen molar-refractivity contribution in [3.63, 3.8) is 0 Å². The van der Waals surface area contributed by atoms with E-state index in [9.17, 15) is 4.79 Å². The summed E-state index contributed by atoms with van der Waals surface area (Å²) < 4.78 is 3.00. The maximum absolute atomic E-state index is 12.7. The van der Waals surface area contributed by atoms with Crippen LogP contribution in [-0.4, -0.2) is 28.5 Å². The summed E-state index contributed by atoms with van der Waals surface area (Å²) >= 11 is 3.47. The Morgan fingerprint density at radius 3 is 2.35 bits per heavy atom. The summed E-state index contributed by atoms with van der Waals surface area (Å²) in [5, 5.41) is 0. The number of hydrogen-bond donors (Lipinski definition) is 0. The Hall–Kier alpha value is -0.770. The van der Waals surface area contributed by atoms with Crippen molar-refractivity contribution < 1.29 is 4.79 Å². The first-order valence-electron chi connectivity index (χ1n) is 7.70. The van der Waals surface area contributed by atoms with Gasteiger partial charge in [-0.25, -0.2) is 0 Å². The summed E-state index contributed by atoms with van der Waals surface area (Å²) in [6.45, 7) is 9.24. The lowest BCUT2D eigenvalue weighted by Gasteiger charge is -2.41. The maximum Gasteiger partial charge on any atom is 0.270 e. The number of piperidine rings is 1. The molecule has 1 amide bonds. The zero-order chi connectivity index (χ0) is 14.8. The minimum absolute atomic E-state index is 0.179. The lowest BCUT2D eigenvalue weighted by molar-refractivity contribution is 0.0548. The number of hydrogen-bond acceptors (Lipinski definition) is 1. The summed E-state index contributed by atoms with van der Waals surface area (Å²) in [4.78, 5) is 14.7. The first-order chi connectivity index (χ1) is 9.55. The molecule has 0 aliphatic carbocycles. The van der Waals surface area contributed by atoms with E-state index in [1.807, 2.05) is 21.7 Å². The third kappa shape index (κ3) is 2.95. The van der Waals surface area contributed by atoms with Gasteiger partial charge >= 0.3 is 0 Å². The molecular weight excluding hydrogens is 316 g/mol. The van der Waals surface area contributed by atoms with Gasteiger partial charge in [0.25, 0.3) is 5.91 Å². The molecule has 1 aliphatic rings. The number of rotatable bonds is 4.